The molecule has 2 unspecified atom stereocenters. The van der Waals surface area contributed by atoms with Crippen molar-refractivity contribution in [2.45, 2.75) is 59.0 Å². The highest BCUT2D eigenvalue weighted by Crippen LogP contribution is 2.22. The van der Waals surface area contributed by atoms with Crippen LogP contribution in [0.25, 0.3) is 0 Å². The molecule has 2 amide bonds. The normalized spacial score (nSPS) is 19.0. The lowest BCUT2D eigenvalue weighted by Crippen LogP contribution is -2.55. The first-order valence-electron chi connectivity index (χ1n) is 10.3. The Bertz CT molecular complexity index is 728. The zero-order chi connectivity index (χ0) is 22.8. The molecule has 7 nitrogen and oxygen atoms in total. The lowest BCUT2D eigenvalue weighted by atomic mass is 10.0. The number of amides is 2. The van der Waals surface area contributed by atoms with E-state index in [0.29, 0.717) is 12.4 Å². The Morgan fingerprint density at radius 3 is 2.57 bits per heavy atom. The van der Waals surface area contributed by atoms with Gasteiger partial charge in [-0.05, 0) is 42.2 Å². The number of nitrogens with zero attached hydrogens (tertiary/aromatic N) is 2. The number of aliphatic imine (C=N–C) groups is 1. The average molecular weight is 483 g/mol. The molecule has 1 aliphatic heterocycles. The van der Waals surface area contributed by atoms with E-state index in [0.717, 1.165) is 35.0 Å². The summed E-state index contributed by atoms with van der Waals surface area (Å²) in [5.41, 5.74) is 1.71. The number of methoxy groups -OCH3 is 1. The van der Waals surface area contributed by atoms with Crippen LogP contribution >= 0.6 is 15.9 Å². The number of nitrogens with one attached hydrogen (secondary N) is 2. The molecule has 0 aromatic rings. The molecule has 30 heavy (non-hydrogen) atoms. The monoisotopic (exact) mass is 482 g/mol. The fourth-order valence-electron chi connectivity index (χ4n) is 3.17. The van der Waals surface area contributed by atoms with Gasteiger partial charge >= 0.3 is 6.09 Å². The predicted octanol–water partition coefficient (Wildman–Crippen LogP) is 4.12. The SMILES string of the molecule is C=C(NC(=NC)C1CCCN1C(=O)C(NC(=O)OC)C(C)C)/C(C)=C/C=C(/Br)CC. The van der Waals surface area contributed by atoms with Crippen LogP contribution in [0.4, 0.5) is 4.79 Å². The minimum Gasteiger partial charge on any atom is -0.453 e. The highest BCUT2D eigenvalue weighted by atomic mass is 79.9. The Labute approximate surface area is 188 Å². The summed E-state index contributed by atoms with van der Waals surface area (Å²) in [5, 5.41) is 5.95. The fourth-order valence-corrected chi connectivity index (χ4v) is 3.30. The minimum atomic E-state index is -0.655. The van der Waals surface area contributed by atoms with Gasteiger partial charge < -0.3 is 20.3 Å². The maximum Gasteiger partial charge on any atom is 0.407 e. The molecule has 0 radical (unpaired) electrons. The van der Waals surface area contributed by atoms with Crippen molar-refractivity contribution in [1.29, 1.82) is 0 Å². The van der Waals surface area contributed by atoms with E-state index in [1.54, 1.807) is 11.9 Å². The minimum absolute atomic E-state index is 0.0724. The van der Waals surface area contributed by atoms with E-state index in [4.69, 9.17) is 0 Å². The standard InChI is InChI=1S/C22H35BrN4O3/c1-8-17(23)12-11-15(4)16(5)25-20(24-6)18-10-9-13-27(18)21(28)19(14(2)3)26-22(29)30-7/h11-12,14,18-19H,5,8-10,13H2,1-4,6-7H3,(H,24,25)(H,26,29)/b15-11+,17-12+. The summed E-state index contributed by atoms with van der Waals surface area (Å²) < 4.78 is 5.78. The molecule has 0 spiro atoms. The molecule has 0 aromatic heterocycles. The number of likely N-dealkylation sites (tertiary alicyclic amines) is 1. The first kappa shape index (κ1) is 25.9. The Balaban J connectivity index is 2.98. The molecule has 1 rings (SSSR count). The lowest BCUT2D eigenvalue weighted by Gasteiger charge is -2.31. The van der Waals surface area contributed by atoms with Crippen LogP contribution in [0.3, 0.4) is 0 Å². The number of alkyl carbamates (subject to hydrolysis) is 1. The molecule has 1 fully saturated rings. The Hall–Kier alpha value is -2.09. The summed E-state index contributed by atoms with van der Waals surface area (Å²) in [6.45, 7) is 12.6. The third-order valence-corrected chi connectivity index (χ3v) is 5.92. The molecular weight excluding hydrogens is 448 g/mol. The van der Waals surface area contributed by atoms with Gasteiger partial charge in [-0.2, -0.15) is 0 Å². The van der Waals surface area contributed by atoms with Gasteiger partial charge in [-0.25, -0.2) is 4.79 Å². The van der Waals surface area contributed by atoms with E-state index in [1.807, 2.05) is 32.9 Å². The number of hydrogen-bond acceptors (Lipinski definition) is 4. The zero-order valence-corrected chi connectivity index (χ0v) is 20.5. The molecule has 0 aromatic carbocycles. The molecule has 1 heterocycles. The first-order valence-corrected chi connectivity index (χ1v) is 11.1. The molecule has 2 atom stereocenters. The summed E-state index contributed by atoms with van der Waals surface area (Å²) in [4.78, 5) is 31.1. The molecule has 0 saturated carbocycles. The van der Waals surface area contributed by atoms with Crippen LogP contribution in [-0.2, 0) is 9.53 Å². The summed E-state index contributed by atoms with van der Waals surface area (Å²) in [5.74, 6) is 0.489. The van der Waals surface area contributed by atoms with Crippen molar-refractivity contribution in [3.8, 4) is 0 Å². The Morgan fingerprint density at radius 1 is 1.37 bits per heavy atom. The first-order chi connectivity index (χ1) is 14.2. The van der Waals surface area contributed by atoms with Crippen LogP contribution in [0, 0.1) is 5.92 Å². The lowest BCUT2D eigenvalue weighted by molar-refractivity contribution is -0.134. The summed E-state index contributed by atoms with van der Waals surface area (Å²) in [7, 11) is 2.99. The van der Waals surface area contributed by atoms with Crippen molar-refractivity contribution < 1.29 is 14.3 Å². The molecule has 168 valence electrons. The molecule has 1 saturated heterocycles. The van der Waals surface area contributed by atoms with Gasteiger partial charge in [-0.3, -0.25) is 9.79 Å². The molecule has 2 N–H and O–H groups in total. The summed E-state index contributed by atoms with van der Waals surface area (Å²) in [6.07, 6.45) is 5.96. The number of hydrogen-bond donors (Lipinski definition) is 2. The third kappa shape index (κ3) is 7.31. The molecule has 8 heteroatoms. The van der Waals surface area contributed by atoms with Crippen molar-refractivity contribution in [3.05, 3.63) is 34.5 Å². The van der Waals surface area contributed by atoms with Crippen LogP contribution in [0.5, 0.6) is 0 Å². The molecule has 0 bridgehead atoms. The van der Waals surface area contributed by atoms with Gasteiger partial charge in [-0.1, -0.05) is 55.4 Å². The Morgan fingerprint density at radius 2 is 2.03 bits per heavy atom. The van der Waals surface area contributed by atoms with Gasteiger partial charge in [-0.15, -0.1) is 0 Å². The van der Waals surface area contributed by atoms with Crippen molar-refractivity contribution in [3.63, 3.8) is 0 Å². The van der Waals surface area contributed by atoms with Crippen LogP contribution in [0.1, 0.15) is 47.0 Å². The van der Waals surface area contributed by atoms with E-state index < -0.39 is 12.1 Å². The highest BCUT2D eigenvalue weighted by Gasteiger charge is 2.37. The summed E-state index contributed by atoms with van der Waals surface area (Å²) >= 11 is 3.50. The quantitative estimate of drug-likeness (QED) is 0.309. The van der Waals surface area contributed by atoms with Crippen LogP contribution < -0.4 is 10.6 Å². The molecule has 0 aliphatic carbocycles. The van der Waals surface area contributed by atoms with Gasteiger partial charge in [0.2, 0.25) is 5.91 Å². The average Bonchev–Trinajstić information content (AvgIpc) is 3.22. The van der Waals surface area contributed by atoms with Gasteiger partial charge in [0.15, 0.2) is 0 Å². The molecule has 1 aliphatic rings. The fraction of sp³-hybridized carbons (Fsp3) is 0.591. The summed E-state index contributed by atoms with van der Waals surface area (Å²) in [6, 6.07) is -0.844. The number of amidine groups is 1. The maximum atomic E-state index is 13.2. The van der Waals surface area contributed by atoms with E-state index in [2.05, 4.69) is 49.8 Å². The van der Waals surface area contributed by atoms with Crippen molar-refractivity contribution in [2.75, 3.05) is 20.7 Å². The second-order valence-electron chi connectivity index (χ2n) is 7.58. The molecular formula is C22H35BrN4O3. The Kier molecular flexibility index (Phi) is 10.9. The maximum absolute atomic E-state index is 13.2. The van der Waals surface area contributed by atoms with Crippen LogP contribution in [-0.4, -0.2) is 55.5 Å². The third-order valence-electron chi connectivity index (χ3n) is 5.09. The highest BCUT2D eigenvalue weighted by molar-refractivity contribution is 9.11. The van der Waals surface area contributed by atoms with Crippen molar-refractivity contribution >= 4 is 33.8 Å². The van der Waals surface area contributed by atoms with E-state index in [9.17, 15) is 9.59 Å². The van der Waals surface area contributed by atoms with Crippen molar-refractivity contribution in [1.82, 2.24) is 15.5 Å². The van der Waals surface area contributed by atoms with Gasteiger partial charge in [0.1, 0.15) is 11.9 Å². The predicted molar refractivity (Wildman–Crippen MR) is 126 cm³/mol. The number of carbonyl (C=O) groups excluding carboxylic acids is 2. The second-order valence-corrected chi connectivity index (χ2v) is 8.60. The smallest absolute Gasteiger partial charge is 0.407 e. The number of ether oxygens (including phenoxy) is 1. The zero-order valence-electron chi connectivity index (χ0n) is 18.9. The van der Waals surface area contributed by atoms with E-state index in [1.165, 1.54) is 7.11 Å². The number of carbonyl (C=O) groups is 2. The van der Waals surface area contributed by atoms with Crippen LogP contribution in [0.2, 0.25) is 0 Å². The largest absolute Gasteiger partial charge is 0.453 e. The van der Waals surface area contributed by atoms with Gasteiger partial charge in [0.25, 0.3) is 0 Å². The number of halogens is 1. The van der Waals surface area contributed by atoms with E-state index >= 15 is 0 Å². The van der Waals surface area contributed by atoms with Crippen LogP contribution in [0.15, 0.2) is 39.5 Å². The number of allylic oxidation sites excluding steroid dienone is 4. The van der Waals surface area contributed by atoms with Gasteiger partial charge in [0.05, 0.1) is 13.2 Å². The second kappa shape index (κ2) is 12.6. The number of rotatable bonds is 8. The van der Waals surface area contributed by atoms with Crippen molar-refractivity contribution in [2.24, 2.45) is 10.9 Å². The van der Waals surface area contributed by atoms with Gasteiger partial charge in [0, 0.05) is 19.3 Å². The topological polar surface area (TPSA) is 83.0 Å². The van der Waals surface area contributed by atoms with E-state index in [-0.39, 0.29) is 17.9 Å².